The molecule has 2 fully saturated rings. The molecule has 7 rings (SSSR count). The molecule has 2 aromatic carbocycles. The molecule has 396 valence electrons. The van der Waals surface area contributed by atoms with Gasteiger partial charge in [0.25, 0.3) is 5.91 Å². The largest absolute Gasteiger partial charge is 0.475 e. The van der Waals surface area contributed by atoms with E-state index in [0.717, 1.165) is 11.9 Å². The number of fused-ring (bicyclic) bond motifs is 2. The average molecular weight is 1100 g/mol. The van der Waals surface area contributed by atoms with Crippen LogP contribution in [0.4, 0.5) is 10.2 Å². The molecular formula is C45H55FN10O14P2SSi. The third kappa shape index (κ3) is 13.5. The molecule has 0 aliphatic carbocycles. The highest BCUT2D eigenvalue weighted by Crippen LogP contribution is 2.58. The second-order valence-electron chi connectivity index (χ2n) is 17.9. The number of halogens is 1. The lowest BCUT2D eigenvalue weighted by Crippen LogP contribution is -2.50. The number of nitrogens with zero attached hydrogens (tertiary/aromatic N) is 9. The van der Waals surface area contributed by atoms with Crippen molar-refractivity contribution in [2.75, 3.05) is 38.4 Å². The lowest BCUT2D eigenvalue weighted by atomic mass is 10.1. The van der Waals surface area contributed by atoms with E-state index in [0.29, 0.717) is 16.6 Å². The van der Waals surface area contributed by atoms with Gasteiger partial charge in [-0.2, -0.15) is 20.1 Å². The van der Waals surface area contributed by atoms with E-state index in [-0.39, 0.29) is 54.2 Å². The van der Waals surface area contributed by atoms with Gasteiger partial charge in [0.05, 0.1) is 69.9 Å². The van der Waals surface area contributed by atoms with Crippen LogP contribution in [0, 0.1) is 29.6 Å². The number of aliphatic hydroxyl groups is 1. The van der Waals surface area contributed by atoms with Gasteiger partial charge in [-0.25, -0.2) is 28.6 Å². The van der Waals surface area contributed by atoms with Gasteiger partial charge in [-0.3, -0.25) is 27.5 Å². The lowest BCUT2D eigenvalue weighted by Gasteiger charge is -2.41. The van der Waals surface area contributed by atoms with Crippen molar-refractivity contribution in [1.29, 1.82) is 10.5 Å². The van der Waals surface area contributed by atoms with Gasteiger partial charge in [-0.05, 0) is 60.6 Å². The number of benzene rings is 2. The second-order valence-corrected chi connectivity index (χ2v) is 27.3. The van der Waals surface area contributed by atoms with E-state index in [1.807, 2.05) is 65.1 Å². The number of aryl methyl sites for hydroxylation is 1. The van der Waals surface area contributed by atoms with Crippen molar-refractivity contribution >= 4 is 74.7 Å². The zero-order valence-corrected chi connectivity index (χ0v) is 44.7. The van der Waals surface area contributed by atoms with Crippen LogP contribution in [0.15, 0.2) is 73.8 Å². The zero-order valence-electron chi connectivity index (χ0n) is 41.1. The number of hydrogen-bond donors (Lipinski definition) is 2. The number of anilines is 1. The van der Waals surface area contributed by atoms with E-state index < -0.39 is 97.7 Å². The summed E-state index contributed by atoms with van der Waals surface area (Å²) >= 11 is 6.12. The molecule has 5 aromatic rings. The summed E-state index contributed by atoms with van der Waals surface area (Å²) in [6, 6.07) is 17.8. The molecule has 3 aromatic heterocycles. The van der Waals surface area contributed by atoms with Crippen molar-refractivity contribution in [1.82, 2.24) is 34.5 Å². The Balaban J connectivity index is 0.00000290. The van der Waals surface area contributed by atoms with Crippen molar-refractivity contribution in [3.05, 3.63) is 85.0 Å². The number of imidazole rings is 1. The van der Waals surface area contributed by atoms with Crippen molar-refractivity contribution in [3.8, 4) is 12.1 Å². The smallest absolute Gasteiger partial charge is 0.408 e. The number of phosphoric ester groups is 1. The molecule has 24 nitrogen and oxygen atoms in total. The molecule has 0 radical (unpaired) electrons. The second kappa shape index (κ2) is 25.4. The summed E-state index contributed by atoms with van der Waals surface area (Å²) in [7, 11) is -7.39. The molecule has 2 unspecified atom stereocenters. The molecule has 10 atom stereocenters. The summed E-state index contributed by atoms with van der Waals surface area (Å²) < 4.78 is 90.2. The maximum absolute atomic E-state index is 17.4. The Morgan fingerprint density at radius 1 is 0.946 bits per heavy atom. The topological polar surface area (TPSA) is 305 Å². The highest BCUT2D eigenvalue weighted by molar-refractivity contribution is 8.07. The fraction of sp³-hybridized carbons (Fsp3) is 0.489. The predicted molar refractivity (Wildman–Crippen MR) is 265 cm³/mol. The van der Waals surface area contributed by atoms with Crippen LogP contribution >= 0.6 is 14.5 Å². The number of carbonyl (C=O) groups excluding carboxylic acids is 3. The minimum atomic E-state index is -4.70. The summed E-state index contributed by atoms with van der Waals surface area (Å²) in [5.74, 6) is -0.468. The Morgan fingerprint density at radius 3 is 2.30 bits per heavy atom. The number of amides is 1. The highest BCUT2D eigenvalue weighted by Gasteiger charge is 2.55. The summed E-state index contributed by atoms with van der Waals surface area (Å²) in [6.07, 6.45) is -7.91. The van der Waals surface area contributed by atoms with Crippen molar-refractivity contribution in [3.63, 3.8) is 0 Å². The van der Waals surface area contributed by atoms with E-state index in [1.54, 1.807) is 36.4 Å². The summed E-state index contributed by atoms with van der Waals surface area (Å²) in [4.78, 5) is 42.3. The van der Waals surface area contributed by atoms with Gasteiger partial charge in [0, 0.05) is 5.56 Å². The molecule has 2 aliphatic heterocycles. The Hall–Kier alpha value is -5.41. The molecule has 29 heteroatoms. The van der Waals surface area contributed by atoms with Crippen LogP contribution in [0.25, 0.3) is 22.2 Å². The van der Waals surface area contributed by atoms with Gasteiger partial charge in [0.2, 0.25) is 0 Å². The number of carbonyl (C=O) groups is 1. The third-order valence-corrected chi connectivity index (χ3v) is 20.3. The first kappa shape index (κ1) is 57.9. The number of nitrogens with one attached hydrogen (secondary N) is 1. The number of aromatic nitrogens is 7. The van der Waals surface area contributed by atoms with Crippen LogP contribution in [-0.4, -0.2) is 130 Å². The molecular weight excluding hydrogens is 1050 g/mol. The van der Waals surface area contributed by atoms with Crippen LogP contribution in [0.1, 0.15) is 62.0 Å². The van der Waals surface area contributed by atoms with E-state index in [4.69, 9.17) is 62.4 Å². The summed E-state index contributed by atoms with van der Waals surface area (Å²) in [6.45, 7) is 9.32. The van der Waals surface area contributed by atoms with Gasteiger partial charge in [-0.15, -0.1) is 11.7 Å². The summed E-state index contributed by atoms with van der Waals surface area (Å²) in [5, 5.41) is 40.8. The van der Waals surface area contributed by atoms with E-state index in [2.05, 4.69) is 37.2 Å². The molecule has 0 spiro atoms. The zero-order chi connectivity index (χ0) is 53.8. The number of hydrogen-bond acceptors (Lipinski definition) is 22. The first-order valence-corrected chi connectivity index (χ1v) is 29.8. The Kier molecular flexibility index (Phi) is 19.9. The summed E-state index contributed by atoms with van der Waals surface area (Å²) in [5.41, 5.74) is 2.46. The standard InChI is InChI=1S/C44H55FN10O12P2SSi.CO2/c1-8-21-59-68(58,60-22-13-19-46)65-36-32(64-42(33(36)45)54-27-50-35-39(48-26-49-40(35)54)51-41(57)29-16-10-9-11-17-29)25-62-69(70,61-23-14-20-47)66-38-37(67-71(6,7)44(3,4)5)31(24-56)63-43(38)55-30-18-12-15-28(2)34(30)52-53-55;2-1-3/h8-12,15-18,26-27,31-33,36-38,42-43,56H,1,13-14,21-25H2,2-7H3,(H,48,49,51,57);/t31-,32-,33-,36-,37-,38-,42-,43-,68?,69?;/m1./s1. The van der Waals surface area contributed by atoms with Gasteiger partial charge < -0.3 is 33.4 Å². The fourth-order valence-corrected chi connectivity index (χ4v) is 12.1. The molecule has 0 bridgehead atoms. The Bertz CT molecular complexity index is 2970. The monoisotopic (exact) mass is 1100 g/mol. The van der Waals surface area contributed by atoms with E-state index in [1.165, 1.54) is 21.7 Å². The number of ether oxygens (including phenoxy) is 2. The maximum Gasteiger partial charge on any atom is 0.475 e. The van der Waals surface area contributed by atoms with Crippen molar-refractivity contribution in [2.24, 2.45) is 0 Å². The first-order valence-electron chi connectivity index (χ1n) is 22.8. The molecule has 5 heterocycles. The van der Waals surface area contributed by atoms with Crippen molar-refractivity contribution < 1.29 is 69.5 Å². The van der Waals surface area contributed by atoms with Crippen LogP contribution in [-0.2, 0) is 67.0 Å². The predicted octanol–water partition coefficient (Wildman–Crippen LogP) is 6.95. The van der Waals surface area contributed by atoms with Gasteiger partial charge in [0.1, 0.15) is 42.4 Å². The SMILES string of the molecule is C=CCOP(=O)(OCCC#N)O[C@H]1[C@@H](F)[C@H](n2cnc3c(NC(=O)c4ccccc4)ncnc32)O[C@@H]1COP(=S)(OCCC#N)O[C@@H]1[C@H](O[Si](C)(C)C(C)(C)C)[C@@H](CO)O[C@H]1n1nnc2c(C)cccc21.O=C=O. The molecule has 2 saturated heterocycles. The third-order valence-electron chi connectivity index (χ3n) is 12.0. The fourth-order valence-electron chi connectivity index (χ4n) is 7.40. The minimum Gasteiger partial charge on any atom is -0.408 e. The molecule has 2 N–H and O–H groups in total. The number of phosphoric acid groups is 1. The van der Waals surface area contributed by atoms with Gasteiger partial charge in [0.15, 0.2) is 43.9 Å². The molecule has 1 amide bonds. The Morgan fingerprint density at radius 2 is 1.64 bits per heavy atom. The first-order chi connectivity index (χ1) is 35.3. The normalized spacial score (nSPS) is 23.4. The molecule has 74 heavy (non-hydrogen) atoms. The minimum absolute atomic E-state index is 0.0202. The van der Waals surface area contributed by atoms with Crippen LogP contribution < -0.4 is 5.32 Å². The van der Waals surface area contributed by atoms with E-state index in [9.17, 15) is 25.0 Å². The van der Waals surface area contributed by atoms with E-state index >= 15 is 4.39 Å². The van der Waals surface area contributed by atoms with Crippen LogP contribution in [0.3, 0.4) is 0 Å². The quantitative estimate of drug-likeness (QED) is 0.0289. The molecule has 2 aliphatic rings. The van der Waals surface area contributed by atoms with Gasteiger partial charge in [-0.1, -0.05) is 62.4 Å². The Labute approximate surface area is 431 Å². The lowest BCUT2D eigenvalue weighted by molar-refractivity contribution is -0.191. The number of rotatable bonds is 23. The maximum atomic E-state index is 17.4. The van der Waals surface area contributed by atoms with Gasteiger partial charge >= 0.3 is 20.7 Å². The van der Waals surface area contributed by atoms with Crippen LogP contribution in [0.2, 0.25) is 18.1 Å². The van der Waals surface area contributed by atoms with Crippen LogP contribution in [0.5, 0.6) is 0 Å². The molecule has 0 saturated carbocycles. The average Bonchev–Trinajstić information content (AvgIpc) is 4.15. The number of nitriles is 2. The highest BCUT2D eigenvalue weighted by atomic mass is 32.5. The number of alkyl halides is 1. The van der Waals surface area contributed by atoms with Crippen molar-refractivity contribution in [2.45, 2.75) is 108 Å². The number of aliphatic hydroxyl groups excluding tert-OH is 1.